The molecule has 0 radical (unpaired) electrons. The maximum Gasteiger partial charge on any atom is 0.0187 e. The maximum atomic E-state index is 5.68. The Morgan fingerprint density at radius 3 is 2.50 bits per heavy atom. The Morgan fingerprint density at radius 2 is 2.17 bits per heavy atom. The van der Waals surface area contributed by atoms with Crippen molar-refractivity contribution >= 4 is 0 Å². The van der Waals surface area contributed by atoms with Crippen LogP contribution in [0.25, 0.3) is 0 Å². The molecule has 0 saturated carbocycles. The fourth-order valence-corrected chi connectivity index (χ4v) is 1.12. The van der Waals surface area contributed by atoms with Crippen molar-refractivity contribution in [3.8, 4) is 0 Å². The standard InChI is InChI=1S/C10H22N2/c1-5-12(8-9(2)3)7-6-10(4)11/h10H,2,5-8,11H2,1,3-4H3. The van der Waals surface area contributed by atoms with Gasteiger partial charge in [-0.1, -0.05) is 19.1 Å². The van der Waals surface area contributed by atoms with Gasteiger partial charge in [-0.05, 0) is 33.4 Å². The minimum absolute atomic E-state index is 0.309. The van der Waals surface area contributed by atoms with Crippen LogP contribution in [0.15, 0.2) is 12.2 Å². The molecular weight excluding hydrogens is 148 g/mol. The molecule has 0 heterocycles. The van der Waals surface area contributed by atoms with Gasteiger partial charge in [0.25, 0.3) is 0 Å². The first-order chi connectivity index (χ1) is 5.56. The van der Waals surface area contributed by atoms with Crippen LogP contribution < -0.4 is 5.73 Å². The van der Waals surface area contributed by atoms with Crippen LogP contribution in [0.2, 0.25) is 0 Å². The molecule has 2 heteroatoms. The van der Waals surface area contributed by atoms with Gasteiger partial charge < -0.3 is 5.73 Å². The van der Waals surface area contributed by atoms with E-state index in [-0.39, 0.29) is 0 Å². The van der Waals surface area contributed by atoms with E-state index >= 15 is 0 Å². The van der Waals surface area contributed by atoms with Crippen LogP contribution in [0, 0.1) is 0 Å². The van der Waals surface area contributed by atoms with E-state index in [0.717, 1.165) is 26.1 Å². The highest BCUT2D eigenvalue weighted by molar-refractivity contribution is 4.91. The summed E-state index contributed by atoms with van der Waals surface area (Å²) in [5.41, 5.74) is 6.90. The van der Waals surface area contributed by atoms with Crippen molar-refractivity contribution in [1.82, 2.24) is 4.90 Å². The lowest BCUT2D eigenvalue weighted by Gasteiger charge is -2.21. The summed E-state index contributed by atoms with van der Waals surface area (Å²) in [4.78, 5) is 2.37. The van der Waals surface area contributed by atoms with Crippen LogP contribution >= 0.6 is 0 Å². The lowest BCUT2D eigenvalue weighted by molar-refractivity contribution is 0.300. The molecule has 2 N–H and O–H groups in total. The lowest BCUT2D eigenvalue weighted by atomic mass is 10.2. The molecule has 1 unspecified atom stereocenters. The number of hydrogen-bond donors (Lipinski definition) is 1. The van der Waals surface area contributed by atoms with Gasteiger partial charge in [-0.2, -0.15) is 0 Å². The fourth-order valence-electron chi connectivity index (χ4n) is 1.12. The van der Waals surface area contributed by atoms with Crippen molar-refractivity contribution < 1.29 is 0 Å². The molecule has 0 amide bonds. The molecule has 0 spiro atoms. The van der Waals surface area contributed by atoms with Gasteiger partial charge in [-0.15, -0.1) is 0 Å². The van der Waals surface area contributed by atoms with Gasteiger partial charge in [0.1, 0.15) is 0 Å². The van der Waals surface area contributed by atoms with E-state index in [4.69, 9.17) is 5.73 Å². The fraction of sp³-hybridized carbons (Fsp3) is 0.800. The largest absolute Gasteiger partial charge is 0.328 e. The summed E-state index contributed by atoms with van der Waals surface area (Å²) in [5.74, 6) is 0. The van der Waals surface area contributed by atoms with Crippen LogP contribution in [0.3, 0.4) is 0 Å². The topological polar surface area (TPSA) is 29.3 Å². The number of nitrogens with two attached hydrogens (primary N) is 1. The highest BCUT2D eigenvalue weighted by Gasteiger charge is 2.02. The minimum atomic E-state index is 0.309. The average Bonchev–Trinajstić information content (AvgIpc) is 1.97. The summed E-state index contributed by atoms with van der Waals surface area (Å²) < 4.78 is 0. The Bertz CT molecular complexity index is 130. The Kier molecular flexibility index (Phi) is 6.03. The third-order valence-electron chi connectivity index (χ3n) is 1.84. The van der Waals surface area contributed by atoms with Gasteiger partial charge in [0.15, 0.2) is 0 Å². The molecule has 0 aromatic carbocycles. The molecule has 0 aliphatic heterocycles. The van der Waals surface area contributed by atoms with Crippen LogP contribution in [-0.4, -0.2) is 30.6 Å². The van der Waals surface area contributed by atoms with E-state index < -0.39 is 0 Å². The molecule has 1 atom stereocenters. The quantitative estimate of drug-likeness (QED) is 0.614. The van der Waals surface area contributed by atoms with Crippen molar-refractivity contribution in [3.63, 3.8) is 0 Å². The Balaban J connectivity index is 3.60. The number of rotatable bonds is 6. The summed E-state index contributed by atoms with van der Waals surface area (Å²) in [5, 5.41) is 0. The zero-order valence-corrected chi connectivity index (χ0v) is 8.64. The van der Waals surface area contributed by atoms with E-state index in [2.05, 4.69) is 32.3 Å². The molecule has 0 saturated heterocycles. The highest BCUT2D eigenvalue weighted by atomic mass is 15.1. The first-order valence-corrected chi connectivity index (χ1v) is 4.68. The molecule has 0 fully saturated rings. The predicted molar refractivity (Wildman–Crippen MR) is 55.2 cm³/mol. The second-order valence-electron chi connectivity index (χ2n) is 3.59. The van der Waals surface area contributed by atoms with E-state index in [1.54, 1.807) is 0 Å². The van der Waals surface area contributed by atoms with Crippen LogP contribution in [0.1, 0.15) is 27.2 Å². The second kappa shape index (κ2) is 6.21. The van der Waals surface area contributed by atoms with Crippen molar-refractivity contribution in [1.29, 1.82) is 0 Å². The molecule has 0 aromatic heterocycles. The lowest BCUT2D eigenvalue weighted by Crippen LogP contribution is -2.30. The van der Waals surface area contributed by atoms with Crippen molar-refractivity contribution in [2.24, 2.45) is 5.73 Å². The number of likely N-dealkylation sites (N-methyl/N-ethyl adjacent to an activating group) is 1. The van der Waals surface area contributed by atoms with Gasteiger partial charge in [-0.3, -0.25) is 4.90 Å². The van der Waals surface area contributed by atoms with Crippen molar-refractivity contribution in [3.05, 3.63) is 12.2 Å². The summed E-state index contributed by atoms with van der Waals surface area (Å²) in [6, 6.07) is 0.309. The minimum Gasteiger partial charge on any atom is -0.328 e. The van der Waals surface area contributed by atoms with Crippen molar-refractivity contribution in [2.75, 3.05) is 19.6 Å². The SMILES string of the molecule is C=C(C)CN(CC)CCC(C)N. The van der Waals surface area contributed by atoms with E-state index in [1.165, 1.54) is 5.57 Å². The summed E-state index contributed by atoms with van der Waals surface area (Å²) in [6.07, 6.45) is 1.07. The third-order valence-corrected chi connectivity index (χ3v) is 1.84. The number of hydrogen-bond acceptors (Lipinski definition) is 2. The second-order valence-corrected chi connectivity index (χ2v) is 3.59. The maximum absolute atomic E-state index is 5.68. The summed E-state index contributed by atoms with van der Waals surface area (Å²) >= 11 is 0. The predicted octanol–water partition coefficient (Wildman–Crippen LogP) is 1.62. The van der Waals surface area contributed by atoms with E-state index in [0.29, 0.717) is 6.04 Å². The Morgan fingerprint density at radius 1 is 1.58 bits per heavy atom. The van der Waals surface area contributed by atoms with Crippen LogP contribution in [-0.2, 0) is 0 Å². The Hall–Kier alpha value is -0.340. The molecular formula is C10H22N2. The molecule has 0 rings (SSSR count). The van der Waals surface area contributed by atoms with E-state index in [9.17, 15) is 0 Å². The van der Waals surface area contributed by atoms with Crippen LogP contribution in [0.4, 0.5) is 0 Å². The molecule has 0 bridgehead atoms. The molecule has 72 valence electrons. The molecule has 0 aliphatic rings. The summed E-state index contributed by atoms with van der Waals surface area (Å²) in [6.45, 7) is 13.4. The molecule has 0 aliphatic carbocycles. The van der Waals surface area contributed by atoms with Gasteiger partial charge in [0, 0.05) is 12.6 Å². The molecule has 0 aromatic rings. The van der Waals surface area contributed by atoms with Gasteiger partial charge in [0.05, 0.1) is 0 Å². The Labute approximate surface area is 76.4 Å². The normalized spacial score (nSPS) is 13.4. The first kappa shape index (κ1) is 11.7. The number of nitrogens with zero attached hydrogens (tertiary/aromatic N) is 1. The zero-order chi connectivity index (χ0) is 9.56. The summed E-state index contributed by atoms with van der Waals surface area (Å²) in [7, 11) is 0. The van der Waals surface area contributed by atoms with Gasteiger partial charge in [0.2, 0.25) is 0 Å². The highest BCUT2D eigenvalue weighted by Crippen LogP contribution is 1.98. The van der Waals surface area contributed by atoms with Crippen molar-refractivity contribution in [2.45, 2.75) is 33.2 Å². The van der Waals surface area contributed by atoms with Gasteiger partial charge >= 0.3 is 0 Å². The third kappa shape index (κ3) is 6.38. The molecule has 12 heavy (non-hydrogen) atoms. The zero-order valence-electron chi connectivity index (χ0n) is 8.64. The smallest absolute Gasteiger partial charge is 0.0187 e. The first-order valence-electron chi connectivity index (χ1n) is 4.68. The monoisotopic (exact) mass is 170 g/mol. The van der Waals surface area contributed by atoms with Gasteiger partial charge in [-0.25, -0.2) is 0 Å². The average molecular weight is 170 g/mol. The molecule has 2 nitrogen and oxygen atoms in total. The van der Waals surface area contributed by atoms with E-state index in [1.807, 2.05) is 0 Å². The van der Waals surface area contributed by atoms with Crippen LogP contribution in [0.5, 0.6) is 0 Å².